The number of nitrogens with one attached hydrogen (secondary N) is 2. The van der Waals surface area contributed by atoms with Crippen LogP contribution in [0.5, 0.6) is 0 Å². The first-order chi connectivity index (χ1) is 8.50. The van der Waals surface area contributed by atoms with Gasteiger partial charge in [0.1, 0.15) is 0 Å². The molecule has 0 radical (unpaired) electrons. The van der Waals surface area contributed by atoms with Crippen molar-refractivity contribution in [1.82, 2.24) is 10.6 Å². The van der Waals surface area contributed by atoms with Crippen molar-refractivity contribution in [2.75, 3.05) is 19.6 Å². The minimum atomic E-state index is -0.823. The standard InChI is InChI=1S/C13H17ClN2O2/c1-9-6-10(14)2-3-11(9)12(17)16-8-13(18)4-5-15-7-13/h2-3,6,15,18H,4-5,7-8H2,1H3,(H,16,17)/t13-/m1/s1. The Morgan fingerprint density at radius 1 is 1.61 bits per heavy atom. The molecular formula is C13H17ClN2O2. The van der Waals surface area contributed by atoms with Gasteiger partial charge in [-0.2, -0.15) is 0 Å². The smallest absolute Gasteiger partial charge is 0.251 e. The van der Waals surface area contributed by atoms with E-state index in [0.717, 1.165) is 12.1 Å². The summed E-state index contributed by atoms with van der Waals surface area (Å²) in [5.41, 5.74) is 0.598. The third-order valence-corrected chi connectivity index (χ3v) is 3.47. The van der Waals surface area contributed by atoms with Crippen LogP contribution >= 0.6 is 11.6 Å². The molecule has 4 nitrogen and oxygen atoms in total. The Kier molecular flexibility index (Phi) is 3.90. The first-order valence-corrected chi connectivity index (χ1v) is 6.35. The summed E-state index contributed by atoms with van der Waals surface area (Å²) >= 11 is 5.84. The van der Waals surface area contributed by atoms with Gasteiger partial charge in [0.15, 0.2) is 0 Å². The van der Waals surface area contributed by atoms with Crippen molar-refractivity contribution >= 4 is 17.5 Å². The zero-order chi connectivity index (χ0) is 13.2. The molecule has 1 atom stereocenters. The van der Waals surface area contributed by atoms with E-state index in [9.17, 15) is 9.90 Å². The Labute approximate surface area is 111 Å². The van der Waals surface area contributed by atoms with E-state index in [2.05, 4.69) is 10.6 Å². The number of aliphatic hydroxyl groups is 1. The van der Waals surface area contributed by atoms with E-state index in [1.165, 1.54) is 0 Å². The molecule has 0 bridgehead atoms. The van der Waals surface area contributed by atoms with Crippen molar-refractivity contribution in [3.8, 4) is 0 Å². The maximum Gasteiger partial charge on any atom is 0.251 e. The van der Waals surface area contributed by atoms with Crippen LogP contribution in [0.15, 0.2) is 18.2 Å². The summed E-state index contributed by atoms with van der Waals surface area (Å²) in [6.45, 7) is 3.41. The van der Waals surface area contributed by atoms with Crippen LogP contribution in [0.4, 0.5) is 0 Å². The third-order valence-electron chi connectivity index (χ3n) is 3.23. The molecule has 0 aliphatic carbocycles. The fourth-order valence-electron chi connectivity index (χ4n) is 2.10. The van der Waals surface area contributed by atoms with Gasteiger partial charge in [0.05, 0.1) is 5.60 Å². The highest BCUT2D eigenvalue weighted by Gasteiger charge is 2.31. The maximum absolute atomic E-state index is 12.0. The van der Waals surface area contributed by atoms with E-state index >= 15 is 0 Å². The van der Waals surface area contributed by atoms with Crippen LogP contribution in [0.3, 0.4) is 0 Å². The van der Waals surface area contributed by atoms with E-state index in [4.69, 9.17) is 11.6 Å². The quantitative estimate of drug-likeness (QED) is 0.769. The van der Waals surface area contributed by atoms with Crippen LogP contribution in [0.2, 0.25) is 5.02 Å². The molecule has 1 aliphatic heterocycles. The molecule has 0 unspecified atom stereocenters. The van der Waals surface area contributed by atoms with Crippen LogP contribution in [-0.2, 0) is 0 Å². The second-order valence-electron chi connectivity index (χ2n) is 4.79. The van der Waals surface area contributed by atoms with Crippen LogP contribution in [0.25, 0.3) is 0 Å². The van der Waals surface area contributed by atoms with E-state index in [1.807, 2.05) is 6.92 Å². The Morgan fingerprint density at radius 2 is 2.39 bits per heavy atom. The van der Waals surface area contributed by atoms with Gasteiger partial charge in [-0.15, -0.1) is 0 Å². The average Bonchev–Trinajstić information content (AvgIpc) is 2.74. The summed E-state index contributed by atoms with van der Waals surface area (Å²) in [4.78, 5) is 12.0. The summed E-state index contributed by atoms with van der Waals surface area (Å²) in [5, 5.41) is 16.6. The van der Waals surface area contributed by atoms with Crippen molar-refractivity contribution < 1.29 is 9.90 Å². The van der Waals surface area contributed by atoms with Gasteiger partial charge in [-0.1, -0.05) is 11.6 Å². The molecule has 1 fully saturated rings. The summed E-state index contributed by atoms with van der Waals surface area (Å²) in [6.07, 6.45) is 0.660. The van der Waals surface area contributed by atoms with Crippen molar-refractivity contribution in [3.05, 3.63) is 34.3 Å². The predicted octanol–water partition coefficient (Wildman–Crippen LogP) is 1.10. The second kappa shape index (κ2) is 5.26. The molecule has 1 saturated heterocycles. The molecule has 1 aromatic carbocycles. The number of carbonyl (C=O) groups excluding carboxylic acids is 1. The molecule has 0 saturated carbocycles. The molecule has 0 aromatic heterocycles. The number of hydrogen-bond donors (Lipinski definition) is 3. The minimum absolute atomic E-state index is 0.176. The molecule has 1 aromatic rings. The minimum Gasteiger partial charge on any atom is -0.387 e. The van der Waals surface area contributed by atoms with Gasteiger partial charge in [-0.3, -0.25) is 4.79 Å². The summed E-state index contributed by atoms with van der Waals surface area (Å²) in [5.74, 6) is -0.176. The summed E-state index contributed by atoms with van der Waals surface area (Å²) < 4.78 is 0. The highest BCUT2D eigenvalue weighted by molar-refractivity contribution is 6.30. The lowest BCUT2D eigenvalue weighted by molar-refractivity contribution is 0.0561. The monoisotopic (exact) mass is 268 g/mol. The van der Waals surface area contributed by atoms with Gasteiger partial charge in [0.2, 0.25) is 0 Å². The van der Waals surface area contributed by atoms with Crippen molar-refractivity contribution in [2.45, 2.75) is 18.9 Å². The fraction of sp³-hybridized carbons (Fsp3) is 0.462. The van der Waals surface area contributed by atoms with Gasteiger partial charge in [0, 0.05) is 23.7 Å². The van der Waals surface area contributed by atoms with Crippen molar-refractivity contribution in [2.24, 2.45) is 0 Å². The van der Waals surface area contributed by atoms with Crippen molar-refractivity contribution in [3.63, 3.8) is 0 Å². The number of hydrogen-bond acceptors (Lipinski definition) is 3. The molecule has 1 aliphatic rings. The number of rotatable bonds is 3. The zero-order valence-corrected chi connectivity index (χ0v) is 11.0. The Bertz CT molecular complexity index is 456. The van der Waals surface area contributed by atoms with Crippen LogP contribution in [0, 0.1) is 6.92 Å². The lowest BCUT2D eigenvalue weighted by atomic mass is 10.0. The van der Waals surface area contributed by atoms with Gasteiger partial charge < -0.3 is 15.7 Å². The molecule has 18 heavy (non-hydrogen) atoms. The summed E-state index contributed by atoms with van der Waals surface area (Å²) in [6, 6.07) is 5.14. The van der Waals surface area contributed by atoms with Gasteiger partial charge in [0.25, 0.3) is 5.91 Å². The average molecular weight is 269 g/mol. The van der Waals surface area contributed by atoms with E-state index in [0.29, 0.717) is 23.6 Å². The van der Waals surface area contributed by atoms with Crippen LogP contribution in [0.1, 0.15) is 22.3 Å². The lowest BCUT2D eigenvalue weighted by Gasteiger charge is -2.21. The van der Waals surface area contributed by atoms with E-state index < -0.39 is 5.60 Å². The fourth-order valence-corrected chi connectivity index (χ4v) is 2.33. The Balaban J connectivity index is 1.99. The molecule has 5 heteroatoms. The normalized spacial score (nSPS) is 23.1. The largest absolute Gasteiger partial charge is 0.387 e. The number of benzene rings is 1. The van der Waals surface area contributed by atoms with E-state index in [1.54, 1.807) is 18.2 Å². The van der Waals surface area contributed by atoms with Gasteiger partial charge >= 0.3 is 0 Å². The second-order valence-corrected chi connectivity index (χ2v) is 5.23. The van der Waals surface area contributed by atoms with Crippen molar-refractivity contribution in [1.29, 1.82) is 0 Å². The number of aryl methyl sites for hydroxylation is 1. The topological polar surface area (TPSA) is 61.4 Å². The number of amides is 1. The first-order valence-electron chi connectivity index (χ1n) is 5.98. The van der Waals surface area contributed by atoms with Gasteiger partial charge in [-0.05, 0) is 43.7 Å². The van der Waals surface area contributed by atoms with E-state index in [-0.39, 0.29) is 12.5 Å². The first kappa shape index (κ1) is 13.3. The Hall–Kier alpha value is -1.10. The molecule has 2 rings (SSSR count). The molecule has 98 valence electrons. The molecule has 3 N–H and O–H groups in total. The van der Waals surface area contributed by atoms with Crippen LogP contribution in [-0.4, -0.2) is 36.2 Å². The summed E-state index contributed by atoms with van der Waals surface area (Å²) in [7, 11) is 0. The Morgan fingerprint density at radius 3 is 3.00 bits per heavy atom. The number of halogens is 1. The molecular weight excluding hydrogens is 252 g/mol. The highest BCUT2D eigenvalue weighted by atomic mass is 35.5. The number of carbonyl (C=O) groups is 1. The predicted molar refractivity (Wildman–Crippen MR) is 71.0 cm³/mol. The van der Waals surface area contributed by atoms with Crippen LogP contribution < -0.4 is 10.6 Å². The third kappa shape index (κ3) is 3.02. The SMILES string of the molecule is Cc1cc(Cl)ccc1C(=O)NC[C@@]1(O)CCNC1. The molecule has 1 heterocycles. The highest BCUT2D eigenvalue weighted by Crippen LogP contribution is 2.16. The zero-order valence-electron chi connectivity index (χ0n) is 10.3. The van der Waals surface area contributed by atoms with Gasteiger partial charge in [-0.25, -0.2) is 0 Å². The number of β-amino-alcohol motifs (C(OH)–C–C–N with tert-alkyl or cyclic N) is 1. The molecule has 0 spiro atoms. The lowest BCUT2D eigenvalue weighted by Crippen LogP contribution is -2.44. The maximum atomic E-state index is 12.0. The molecule has 1 amide bonds.